The summed E-state index contributed by atoms with van der Waals surface area (Å²) in [5, 5.41) is 4.10. The summed E-state index contributed by atoms with van der Waals surface area (Å²) < 4.78 is 6.86. The van der Waals surface area contributed by atoms with Gasteiger partial charge in [0.2, 0.25) is 0 Å². The fraction of sp³-hybridized carbons (Fsp3) is 0.364. The van der Waals surface area contributed by atoms with Crippen molar-refractivity contribution in [3.8, 4) is 11.3 Å². The zero-order chi connectivity index (χ0) is 19.3. The fourth-order valence-corrected chi connectivity index (χ4v) is 6.73. The van der Waals surface area contributed by atoms with Crippen LogP contribution in [0, 0.1) is 0 Å². The smallest absolute Gasteiger partial charge is 0.264 e. The number of nitrogens with zero attached hydrogens (tertiary/aromatic N) is 2. The molecule has 0 atom stereocenters. The Bertz CT molecular complexity index is 1030. The van der Waals surface area contributed by atoms with Crippen molar-refractivity contribution in [1.29, 1.82) is 0 Å². The van der Waals surface area contributed by atoms with E-state index in [0.717, 1.165) is 68.8 Å². The molecular formula is C22H22N2O2S2. The highest BCUT2D eigenvalue weighted by molar-refractivity contribution is 8.01. The molecule has 1 amide bonds. The second-order valence-corrected chi connectivity index (χ2v) is 10.5. The molecule has 0 spiro atoms. The molecule has 5 rings (SSSR count). The number of hydrogen-bond acceptors (Lipinski definition) is 5. The molecule has 0 saturated carbocycles. The van der Waals surface area contributed by atoms with Gasteiger partial charge < -0.3 is 9.42 Å². The van der Waals surface area contributed by atoms with Crippen LogP contribution in [0.4, 0.5) is 0 Å². The van der Waals surface area contributed by atoms with Gasteiger partial charge in [0.05, 0.1) is 15.3 Å². The SMILES string of the molecule is CC1(C)Cc2c(C(=O)N3CCCC3)sc(Sc3ccccc3)c2-c2oncc21. The Morgan fingerprint density at radius 3 is 2.71 bits per heavy atom. The molecule has 6 heteroatoms. The zero-order valence-corrected chi connectivity index (χ0v) is 17.7. The minimum atomic E-state index is -0.0991. The highest BCUT2D eigenvalue weighted by Gasteiger charge is 2.40. The summed E-state index contributed by atoms with van der Waals surface area (Å²) in [4.78, 5) is 17.4. The first-order chi connectivity index (χ1) is 13.5. The van der Waals surface area contributed by atoms with E-state index in [-0.39, 0.29) is 11.3 Å². The van der Waals surface area contributed by atoms with Crippen molar-refractivity contribution in [1.82, 2.24) is 10.1 Å². The van der Waals surface area contributed by atoms with Crippen LogP contribution in [0.3, 0.4) is 0 Å². The van der Waals surface area contributed by atoms with Gasteiger partial charge in [0.15, 0.2) is 5.76 Å². The predicted molar refractivity (Wildman–Crippen MR) is 112 cm³/mol. The van der Waals surface area contributed by atoms with Gasteiger partial charge in [-0.15, -0.1) is 11.3 Å². The van der Waals surface area contributed by atoms with Crippen LogP contribution in [0.2, 0.25) is 0 Å². The monoisotopic (exact) mass is 410 g/mol. The molecule has 1 saturated heterocycles. The highest BCUT2D eigenvalue weighted by Crippen LogP contribution is 2.53. The van der Waals surface area contributed by atoms with Gasteiger partial charge in [0.25, 0.3) is 5.91 Å². The quantitative estimate of drug-likeness (QED) is 0.562. The summed E-state index contributed by atoms with van der Waals surface area (Å²) in [5.74, 6) is 1.01. The maximum absolute atomic E-state index is 13.3. The fourth-order valence-electron chi connectivity index (χ4n) is 4.18. The molecule has 0 N–H and O–H groups in total. The van der Waals surface area contributed by atoms with Crippen LogP contribution in [0.25, 0.3) is 11.3 Å². The summed E-state index contributed by atoms with van der Waals surface area (Å²) in [6.07, 6.45) is 4.87. The van der Waals surface area contributed by atoms with Crippen LogP contribution in [0.5, 0.6) is 0 Å². The van der Waals surface area contributed by atoms with Crippen LogP contribution in [0.15, 0.2) is 50.2 Å². The third-order valence-corrected chi connectivity index (χ3v) is 8.07. The summed E-state index contributed by atoms with van der Waals surface area (Å²) in [5.41, 5.74) is 3.24. The molecule has 1 aromatic carbocycles. The van der Waals surface area contributed by atoms with Gasteiger partial charge in [-0.25, -0.2) is 0 Å². The Balaban J connectivity index is 1.66. The maximum atomic E-state index is 13.3. The first-order valence-electron chi connectivity index (χ1n) is 9.68. The molecular weight excluding hydrogens is 388 g/mol. The molecule has 28 heavy (non-hydrogen) atoms. The van der Waals surface area contributed by atoms with Crippen LogP contribution in [0.1, 0.15) is 47.5 Å². The average Bonchev–Trinajstić information content (AvgIpc) is 3.42. The second kappa shape index (κ2) is 6.78. The molecule has 3 heterocycles. The van der Waals surface area contributed by atoms with Crippen LogP contribution in [-0.2, 0) is 11.8 Å². The van der Waals surface area contributed by atoms with E-state index in [4.69, 9.17) is 4.52 Å². The van der Waals surface area contributed by atoms with Crippen molar-refractivity contribution in [3.63, 3.8) is 0 Å². The largest absolute Gasteiger partial charge is 0.356 e. The molecule has 144 valence electrons. The lowest BCUT2D eigenvalue weighted by Crippen LogP contribution is -2.30. The molecule has 1 aliphatic carbocycles. The number of amides is 1. The molecule has 4 nitrogen and oxygen atoms in total. The van der Waals surface area contributed by atoms with Gasteiger partial charge in [-0.1, -0.05) is 49.0 Å². The molecule has 1 fully saturated rings. The second-order valence-electron chi connectivity index (χ2n) is 8.12. The summed E-state index contributed by atoms with van der Waals surface area (Å²) >= 11 is 3.33. The van der Waals surface area contributed by atoms with Crippen molar-refractivity contribution in [2.45, 2.75) is 47.6 Å². The number of carbonyl (C=O) groups excluding carboxylic acids is 1. The zero-order valence-electron chi connectivity index (χ0n) is 16.0. The van der Waals surface area contributed by atoms with E-state index in [1.807, 2.05) is 29.3 Å². The van der Waals surface area contributed by atoms with E-state index in [2.05, 4.69) is 31.1 Å². The van der Waals surface area contributed by atoms with Crippen LogP contribution < -0.4 is 0 Å². The topological polar surface area (TPSA) is 46.3 Å². The molecule has 3 aromatic rings. The van der Waals surface area contributed by atoms with Gasteiger partial charge >= 0.3 is 0 Å². The summed E-state index contributed by atoms with van der Waals surface area (Å²) in [6, 6.07) is 10.3. The minimum absolute atomic E-state index is 0.0991. The Morgan fingerprint density at radius 1 is 1.21 bits per heavy atom. The van der Waals surface area contributed by atoms with Crippen molar-refractivity contribution >= 4 is 29.0 Å². The Labute approximate surface area is 172 Å². The Hall–Kier alpha value is -2.05. The van der Waals surface area contributed by atoms with E-state index < -0.39 is 0 Å². The molecule has 2 aliphatic rings. The third kappa shape index (κ3) is 2.90. The standard InChI is InChI=1S/C22H22N2O2S2/c1-22(2)12-15-17(18-16(22)13-23-26-18)21(27-14-8-4-3-5-9-14)28-19(15)20(25)24-10-6-7-11-24/h3-5,8-9,13H,6-7,10-12H2,1-2H3. The lowest BCUT2D eigenvalue weighted by atomic mass is 9.73. The first-order valence-corrected chi connectivity index (χ1v) is 11.3. The number of benzene rings is 1. The molecule has 0 radical (unpaired) electrons. The third-order valence-electron chi connectivity index (χ3n) is 5.66. The van der Waals surface area contributed by atoms with Crippen molar-refractivity contribution < 1.29 is 9.32 Å². The van der Waals surface area contributed by atoms with Crippen LogP contribution >= 0.6 is 23.1 Å². The van der Waals surface area contributed by atoms with Gasteiger partial charge in [-0.05, 0) is 42.4 Å². The molecule has 2 aromatic heterocycles. The average molecular weight is 411 g/mol. The van der Waals surface area contributed by atoms with E-state index in [0.29, 0.717) is 0 Å². The van der Waals surface area contributed by atoms with Gasteiger partial charge in [-0.3, -0.25) is 4.79 Å². The number of thiophene rings is 1. The number of rotatable bonds is 3. The number of aromatic nitrogens is 1. The van der Waals surface area contributed by atoms with E-state index in [1.165, 1.54) is 0 Å². The van der Waals surface area contributed by atoms with E-state index in [1.54, 1.807) is 23.1 Å². The Kier molecular flexibility index (Phi) is 4.36. The highest BCUT2D eigenvalue weighted by atomic mass is 32.2. The van der Waals surface area contributed by atoms with Crippen molar-refractivity contribution in [3.05, 3.63) is 52.5 Å². The first kappa shape index (κ1) is 18.0. The molecule has 0 unspecified atom stereocenters. The number of hydrogen-bond donors (Lipinski definition) is 0. The van der Waals surface area contributed by atoms with Gasteiger partial charge in [0.1, 0.15) is 0 Å². The van der Waals surface area contributed by atoms with Crippen LogP contribution in [-0.4, -0.2) is 29.1 Å². The maximum Gasteiger partial charge on any atom is 0.264 e. The number of likely N-dealkylation sites (tertiary alicyclic amines) is 1. The normalized spacial score (nSPS) is 17.4. The van der Waals surface area contributed by atoms with Crippen molar-refractivity contribution in [2.75, 3.05) is 13.1 Å². The summed E-state index contributed by atoms with van der Waals surface area (Å²) in [7, 11) is 0. The number of fused-ring (bicyclic) bond motifs is 3. The summed E-state index contributed by atoms with van der Waals surface area (Å²) in [6.45, 7) is 6.14. The predicted octanol–water partition coefficient (Wildman–Crippen LogP) is 5.62. The van der Waals surface area contributed by atoms with E-state index >= 15 is 0 Å². The lowest BCUT2D eigenvalue weighted by molar-refractivity contribution is 0.0796. The Morgan fingerprint density at radius 2 is 1.96 bits per heavy atom. The number of carbonyl (C=O) groups is 1. The minimum Gasteiger partial charge on any atom is -0.356 e. The van der Waals surface area contributed by atoms with Crippen molar-refractivity contribution in [2.24, 2.45) is 0 Å². The van der Waals surface area contributed by atoms with Gasteiger partial charge in [0, 0.05) is 29.1 Å². The lowest BCUT2D eigenvalue weighted by Gasteiger charge is -2.29. The van der Waals surface area contributed by atoms with Gasteiger partial charge in [-0.2, -0.15) is 0 Å². The van der Waals surface area contributed by atoms with E-state index in [9.17, 15) is 4.79 Å². The molecule has 1 aliphatic heterocycles. The molecule has 0 bridgehead atoms.